The quantitative estimate of drug-likeness (QED) is 0.717. The SMILES string of the molecule is Cc1cccc(NC(=O)CSCC(=O)NCC(C)(C)CN(C)C)c1. The van der Waals surface area contributed by atoms with Crippen LogP contribution in [0.5, 0.6) is 0 Å². The van der Waals surface area contributed by atoms with E-state index in [4.69, 9.17) is 0 Å². The molecule has 5 nitrogen and oxygen atoms in total. The summed E-state index contributed by atoms with van der Waals surface area (Å²) in [6, 6.07) is 7.66. The highest BCUT2D eigenvalue weighted by atomic mass is 32.2. The van der Waals surface area contributed by atoms with Gasteiger partial charge in [0.15, 0.2) is 0 Å². The van der Waals surface area contributed by atoms with E-state index in [0.717, 1.165) is 17.8 Å². The Balaban J connectivity index is 2.24. The Morgan fingerprint density at radius 3 is 2.46 bits per heavy atom. The number of carbonyl (C=O) groups is 2. The minimum Gasteiger partial charge on any atom is -0.355 e. The van der Waals surface area contributed by atoms with E-state index in [1.807, 2.05) is 45.3 Å². The summed E-state index contributed by atoms with van der Waals surface area (Å²) in [4.78, 5) is 25.9. The van der Waals surface area contributed by atoms with E-state index >= 15 is 0 Å². The summed E-state index contributed by atoms with van der Waals surface area (Å²) in [6.45, 7) is 7.75. The van der Waals surface area contributed by atoms with Crippen molar-refractivity contribution in [1.29, 1.82) is 0 Å². The van der Waals surface area contributed by atoms with Gasteiger partial charge < -0.3 is 15.5 Å². The van der Waals surface area contributed by atoms with Gasteiger partial charge in [-0.3, -0.25) is 9.59 Å². The van der Waals surface area contributed by atoms with Crippen molar-refractivity contribution in [3.8, 4) is 0 Å². The Morgan fingerprint density at radius 1 is 1.17 bits per heavy atom. The number of aryl methyl sites for hydroxylation is 1. The standard InChI is InChI=1S/C18H29N3O2S/c1-14-7-6-8-15(9-14)20-17(23)11-24-10-16(22)19-12-18(2,3)13-21(4)5/h6-9H,10-13H2,1-5H3,(H,19,22)(H,20,23). The van der Waals surface area contributed by atoms with Crippen LogP contribution in [0.3, 0.4) is 0 Å². The molecule has 2 N–H and O–H groups in total. The van der Waals surface area contributed by atoms with E-state index in [-0.39, 0.29) is 23.0 Å². The molecule has 0 atom stereocenters. The molecule has 1 aromatic carbocycles. The summed E-state index contributed by atoms with van der Waals surface area (Å²) in [5.41, 5.74) is 1.91. The number of nitrogens with zero attached hydrogens (tertiary/aromatic N) is 1. The molecule has 6 heteroatoms. The number of carbonyl (C=O) groups excluding carboxylic acids is 2. The highest BCUT2D eigenvalue weighted by Gasteiger charge is 2.19. The monoisotopic (exact) mass is 351 g/mol. The van der Waals surface area contributed by atoms with Crippen LogP contribution in [0.25, 0.3) is 0 Å². The maximum atomic E-state index is 11.9. The van der Waals surface area contributed by atoms with Gasteiger partial charge in [-0.05, 0) is 44.1 Å². The molecule has 0 aromatic heterocycles. The van der Waals surface area contributed by atoms with E-state index in [0.29, 0.717) is 12.3 Å². The third-order valence-corrected chi connectivity index (χ3v) is 4.21. The average molecular weight is 352 g/mol. The third kappa shape index (κ3) is 8.93. The molecule has 0 heterocycles. The lowest BCUT2D eigenvalue weighted by atomic mass is 9.93. The van der Waals surface area contributed by atoms with Crippen molar-refractivity contribution in [3.05, 3.63) is 29.8 Å². The van der Waals surface area contributed by atoms with Gasteiger partial charge in [-0.15, -0.1) is 11.8 Å². The zero-order valence-electron chi connectivity index (χ0n) is 15.3. The largest absolute Gasteiger partial charge is 0.355 e. The van der Waals surface area contributed by atoms with Crippen molar-refractivity contribution in [2.75, 3.05) is 44.0 Å². The van der Waals surface area contributed by atoms with Gasteiger partial charge in [0, 0.05) is 18.8 Å². The molecule has 0 saturated heterocycles. The van der Waals surface area contributed by atoms with Gasteiger partial charge in [0.2, 0.25) is 11.8 Å². The molecule has 1 aromatic rings. The van der Waals surface area contributed by atoms with Gasteiger partial charge in [0.1, 0.15) is 0 Å². The highest BCUT2D eigenvalue weighted by molar-refractivity contribution is 8.00. The highest BCUT2D eigenvalue weighted by Crippen LogP contribution is 2.14. The number of amides is 2. The maximum absolute atomic E-state index is 11.9. The lowest BCUT2D eigenvalue weighted by molar-refractivity contribution is -0.119. The summed E-state index contributed by atoms with van der Waals surface area (Å²) in [7, 11) is 4.04. The van der Waals surface area contributed by atoms with Crippen LogP contribution in [0.1, 0.15) is 19.4 Å². The molecule has 0 aliphatic heterocycles. The van der Waals surface area contributed by atoms with Crippen LogP contribution in [0.2, 0.25) is 0 Å². The fourth-order valence-corrected chi connectivity index (χ4v) is 3.10. The van der Waals surface area contributed by atoms with Crippen LogP contribution in [0.15, 0.2) is 24.3 Å². The first kappa shape index (κ1) is 20.5. The van der Waals surface area contributed by atoms with Gasteiger partial charge in [0.05, 0.1) is 11.5 Å². The Kier molecular flexibility index (Phi) is 8.28. The number of nitrogens with one attached hydrogen (secondary N) is 2. The van der Waals surface area contributed by atoms with Gasteiger partial charge >= 0.3 is 0 Å². The Bertz CT molecular complexity index is 559. The number of rotatable bonds is 9. The van der Waals surface area contributed by atoms with Gasteiger partial charge in [-0.2, -0.15) is 0 Å². The fourth-order valence-electron chi connectivity index (χ4n) is 2.46. The van der Waals surface area contributed by atoms with E-state index in [1.54, 1.807) is 0 Å². The summed E-state index contributed by atoms with van der Waals surface area (Å²) in [5.74, 6) is 0.434. The first-order valence-electron chi connectivity index (χ1n) is 8.04. The molecule has 0 fully saturated rings. The van der Waals surface area contributed by atoms with E-state index in [1.165, 1.54) is 11.8 Å². The molecule has 0 bridgehead atoms. The minimum absolute atomic E-state index is 0.0202. The summed E-state index contributed by atoms with van der Waals surface area (Å²) in [6.07, 6.45) is 0. The van der Waals surface area contributed by atoms with Crippen molar-refractivity contribution in [2.24, 2.45) is 5.41 Å². The van der Waals surface area contributed by atoms with Crippen LogP contribution < -0.4 is 10.6 Å². The molecular weight excluding hydrogens is 322 g/mol. The molecule has 0 aliphatic carbocycles. The Morgan fingerprint density at radius 2 is 1.83 bits per heavy atom. The molecule has 24 heavy (non-hydrogen) atoms. The maximum Gasteiger partial charge on any atom is 0.234 e. The van der Waals surface area contributed by atoms with Crippen molar-refractivity contribution in [3.63, 3.8) is 0 Å². The minimum atomic E-state index is -0.0914. The Hall–Kier alpha value is -1.53. The lowest BCUT2D eigenvalue weighted by Gasteiger charge is -2.28. The molecule has 0 radical (unpaired) electrons. The second kappa shape index (κ2) is 9.69. The summed E-state index contributed by atoms with van der Waals surface area (Å²) < 4.78 is 0. The summed E-state index contributed by atoms with van der Waals surface area (Å²) in [5, 5.41) is 5.78. The fraction of sp³-hybridized carbons (Fsp3) is 0.556. The number of anilines is 1. The number of hydrogen-bond acceptors (Lipinski definition) is 4. The predicted octanol–water partition coefficient (Wildman–Crippen LogP) is 2.37. The van der Waals surface area contributed by atoms with Crippen LogP contribution in [0, 0.1) is 12.3 Å². The molecule has 0 unspecified atom stereocenters. The number of thioether (sulfide) groups is 1. The Labute approximate surface area is 149 Å². The van der Waals surface area contributed by atoms with Crippen LogP contribution in [-0.2, 0) is 9.59 Å². The number of benzene rings is 1. The van der Waals surface area contributed by atoms with Gasteiger partial charge in [0.25, 0.3) is 0 Å². The van der Waals surface area contributed by atoms with Gasteiger partial charge in [-0.25, -0.2) is 0 Å². The molecule has 134 valence electrons. The van der Waals surface area contributed by atoms with Gasteiger partial charge in [-0.1, -0.05) is 26.0 Å². The third-order valence-electron chi connectivity index (χ3n) is 3.28. The first-order chi connectivity index (χ1) is 11.2. The molecule has 0 spiro atoms. The molecular formula is C18H29N3O2S. The van der Waals surface area contributed by atoms with Crippen molar-refractivity contribution >= 4 is 29.3 Å². The topological polar surface area (TPSA) is 61.4 Å². The van der Waals surface area contributed by atoms with Crippen LogP contribution >= 0.6 is 11.8 Å². The zero-order chi connectivity index (χ0) is 18.2. The van der Waals surface area contributed by atoms with Crippen molar-refractivity contribution < 1.29 is 9.59 Å². The average Bonchev–Trinajstić information content (AvgIpc) is 2.44. The number of hydrogen-bond donors (Lipinski definition) is 2. The van der Waals surface area contributed by atoms with Crippen molar-refractivity contribution in [1.82, 2.24) is 10.2 Å². The van der Waals surface area contributed by atoms with Crippen LogP contribution in [-0.4, -0.2) is 55.4 Å². The lowest BCUT2D eigenvalue weighted by Crippen LogP contribution is -2.40. The smallest absolute Gasteiger partial charge is 0.234 e. The second-order valence-electron chi connectivity index (χ2n) is 7.09. The van der Waals surface area contributed by atoms with Crippen LogP contribution in [0.4, 0.5) is 5.69 Å². The second-order valence-corrected chi connectivity index (χ2v) is 8.07. The summed E-state index contributed by atoms with van der Waals surface area (Å²) >= 11 is 1.32. The van der Waals surface area contributed by atoms with E-state index in [9.17, 15) is 9.59 Å². The molecule has 2 amide bonds. The molecule has 0 aliphatic rings. The predicted molar refractivity (Wildman–Crippen MR) is 102 cm³/mol. The molecule has 0 saturated carbocycles. The zero-order valence-corrected chi connectivity index (χ0v) is 16.1. The molecule has 1 rings (SSSR count). The normalized spacial score (nSPS) is 11.4. The van der Waals surface area contributed by atoms with E-state index in [2.05, 4.69) is 29.4 Å². The van der Waals surface area contributed by atoms with Crippen molar-refractivity contribution in [2.45, 2.75) is 20.8 Å². The van der Waals surface area contributed by atoms with E-state index < -0.39 is 0 Å². The first-order valence-corrected chi connectivity index (χ1v) is 9.19.